The van der Waals surface area contributed by atoms with E-state index in [-0.39, 0.29) is 69.7 Å². The number of carbonyl (C=O) groups excluding carboxylic acids is 1. The van der Waals surface area contributed by atoms with Crippen molar-refractivity contribution in [2.45, 2.75) is 70.6 Å². The fraction of sp³-hybridized carbons (Fsp3) is 0.455. The van der Waals surface area contributed by atoms with E-state index in [2.05, 4.69) is 26.3 Å². The molecule has 0 aliphatic carbocycles. The van der Waals surface area contributed by atoms with E-state index in [9.17, 15) is 14.4 Å². The number of methoxy groups -OCH3 is 1. The lowest BCUT2D eigenvalue weighted by molar-refractivity contribution is 0.0636. The van der Waals surface area contributed by atoms with Gasteiger partial charge in [-0.3, -0.25) is 10.2 Å². The topological polar surface area (TPSA) is 119 Å². The van der Waals surface area contributed by atoms with Crippen LogP contribution in [0, 0.1) is 23.0 Å². The molecule has 3 aliphatic heterocycles. The first kappa shape index (κ1) is 31.4. The third-order valence-electron chi connectivity index (χ3n) is 8.95. The Hall–Kier alpha value is -4.19. The van der Waals surface area contributed by atoms with E-state index in [0.29, 0.717) is 28.8 Å². The first-order valence-corrected chi connectivity index (χ1v) is 16.1. The number of fused-ring (bicyclic) bond motifs is 5. The number of aromatic nitrogens is 2. The molecule has 246 valence electrons. The standard InChI is InChI=1S/C33H32F3N5O5S/c1-32(2,3)46-31(42)40-29-17(11-37)22-21(47-29)7-6-20(35)25(22)23-18-13-44-14-19(18)24-27(26(23)36)38-30(39-28(24)43-4)45-15-33-8-5-9-41(33)12-16(34)10-33/h6-7,16H,5,8-10,12-15H2,1-4H3,(H,40,42)/t16-,33+/m1/s1. The smallest absolute Gasteiger partial charge is 0.412 e. The van der Waals surface area contributed by atoms with Gasteiger partial charge in [0.2, 0.25) is 5.88 Å². The van der Waals surface area contributed by atoms with Gasteiger partial charge in [-0.05, 0) is 63.4 Å². The Labute approximate surface area is 272 Å². The Balaban J connectivity index is 1.38. The summed E-state index contributed by atoms with van der Waals surface area (Å²) in [6.07, 6.45) is 0.266. The normalized spacial score (nSPS) is 20.8. The molecule has 0 radical (unpaired) electrons. The Morgan fingerprint density at radius 2 is 2.00 bits per heavy atom. The van der Waals surface area contributed by atoms with Gasteiger partial charge in [-0.15, -0.1) is 11.3 Å². The Morgan fingerprint density at radius 3 is 2.74 bits per heavy atom. The summed E-state index contributed by atoms with van der Waals surface area (Å²) >= 11 is 1.05. The van der Waals surface area contributed by atoms with E-state index in [1.807, 2.05) is 0 Å². The predicted octanol–water partition coefficient (Wildman–Crippen LogP) is 7.00. The Morgan fingerprint density at radius 1 is 1.21 bits per heavy atom. The van der Waals surface area contributed by atoms with E-state index in [0.717, 1.165) is 30.7 Å². The minimum Gasteiger partial charge on any atom is -0.480 e. The molecule has 10 nitrogen and oxygen atoms in total. The summed E-state index contributed by atoms with van der Waals surface area (Å²) in [7, 11) is 1.39. The van der Waals surface area contributed by atoms with E-state index < -0.39 is 35.0 Å². The lowest BCUT2D eigenvalue weighted by Gasteiger charge is -2.30. The number of nitrogens with zero attached hydrogens (tertiary/aromatic N) is 4. The molecule has 2 aromatic heterocycles. The number of ether oxygens (including phenoxy) is 4. The number of alkyl halides is 1. The molecule has 7 rings (SSSR count). The molecule has 2 saturated heterocycles. The van der Waals surface area contributed by atoms with Gasteiger partial charge in [0.05, 0.1) is 36.8 Å². The molecule has 3 aliphatic rings. The first-order valence-electron chi connectivity index (χ1n) is 15.3. The number of benzene rings is 2. The fourth-order valence-corrected chi connectivity index (χ4v) is 8.15. The van der Waals surface area contributed by atoms with E-state index in [1.165, 1.54) is 19.2 Å². The summed E-state index contributed by atoms with van der Waals surface area (Å²) in [5, 5.41) is 13.4. The summed E-state index contributed by atoms with van der Waals surface area (Å²) < 4.78 is 70.5. The molecule has 0 saturated carbocycles. The third kappa shape index (κ3) is 5.30. The maximum atomic E-state index is 17.0. The molecule has 0 bridgehead atoms. The van der Waals surface area contributed by atoms with Gasteiger partial charge >= 0.3 is 12.1 Å². The quantitative estimate of drug-likeness (QED) is 0.232. The van der Waals surface area contributed by atoms with Gasteiger partial charge in [-0.25, -0.2) is 18.0 Å². The van der Waals surface area contributed by atoms with E-state index >= 15 is 8.78 Å². The van der Waals surface area contributed by atoms with Crippen molar-refractivity contribution >= 4 is 43.4 Å². The van der Waals surface area contributed by atoms with Crippen molar-refractivity contribution in [1.82, 2.24) is 14.9 Å². The predicted molar refractivity (Wildman–Crippen MR) is 168 cm³/mol. The van der Waals surface area contributed by atoms with Crippen LogP contribution in [-0.2, 0) is 22.7 Å². The van der Waals surface area contributed by atoms with Gasteiger partial charge in [0.25, 0.3) is 0 Å². The van der Waals surface area contributed by atoms with Crippen LogP contribution >= 0.6 is 11.3 Å². The van der Waals surface area contributed by atoms with Crippen LogP contribution < -0.4 is 14.8 Å². The molecule has 0 spiro atoms. The highest BCUT2D eigenvalue weighted by Gasteiger charge is 2.49. The third-order valence-corrected chi connectivity index (χ3v) is 10.0. The molecule has 4 aromatic rings. The van der Waals surface area contributed by atoms with Crippen LogP contribution in [0.15, 0.2) is 12.1 Å². The molecule has 5 heterocycles. The average Bonchev–Trinajstić information content (AvgIpc) is 3.78. The highest BCUT2D eigenvalue weighted by molar-refractivity contribution is 7.23. The van der Waals surface area contributed by atoms with Gasteiger partial charge in [0.1, 0.15) is 40.8 Å². The summed E-state index contributed by atoms with van der Waals surface area (Å²) in [4.78, 5) is 23.6. The molecular weight excluding hydrogens is 635 g/mol. The number of nitriles is 1. The number of hydrogen-bond acceptors (Lipinski definition) is 10. The van der Waals surface area contributed by atoms with Crippen LogP contribution in [0.1, 0.15) is 56.7 Å². The second-order valence-electron chi connectivity index (χ2n) is 13.1. The number of amides is 1. The minimum absolute atomic E-state index is 0.0352. The van der Waals surface area contributed by atoms with Crippen LogP contribution in [0.2, 0.25) is 0 Å². The van der Waals surface area contributed by atoms with Crippen molar-refractivity contribution in [2.24, 2.45) is 0 Å². The van der Waals surface area contributed by atoms with Crippen molar-refractivity contribution < 1.29 is 36.9 Å². The van der Waals surface area contributed by atoms with Crippen molar-refractivity contribution in [2.75, 3.05) is 32.1 Å². The maximum absolute atomic E-state index is 17.0. The van der Waals surface area contributed by atoms with Gasteiger partial charge in [-0.1, -0.05) is 0 Å². The molecule has 2 aromatic carbocycles. The molecular formula is C33H32F3N5O5S. The zero-order valence-corrected chi connectivity index (χ0v) is 27.1. The molecule has 1 amide bonds. The lowest BCUT2D eigenvalue weighted by atomic mass is 9.90. The van der Waals surface area contributed by atoms with Crippen molar-refractivity contribution in [3.05, 3.63) is 40.5 Å². The molecule has 47 heavy (non-hydrogen) atoms. The van der Waals surface area contributed by atoms with Crippen molar-refractivity contribution in [1.29, 1.82) is 5.26 Å². The fourth-order valence-electron chi connectivity index (χ4n) is 7.10. The average molecular weight is 668 g/mol. The summed E-state index contributed by atoms with van der Waals surface area (Å²) in [6, 6.07) is 4.58. The number of anilines is 1. The number of halogens is 3. The SMILES string of the molecule is COc1nc(OC[C@@]23CCCN2C[C@H](F)C3)nc2c(F)c(-c3c(F)ccc4sc(NC(=O)OC(C)(C)C)c(C#N)c34)c3c(c12)COC3. The molecule has 1 N–H and O–H groups in total. The van der Waals surface area contributed by atoms with Gasteiger partial charge in [0.15, 0.2) is 5.82 Å². The first-order chi connectivity index (χ1) is 22.4. The highest BCUT2D eigenvalue weighted by Crippen LogP contribution is 2.48. The number of carbonyl (C=O) groups is 1. The maximum Gasteiger partial charge on any atom is 0.412 e. The van der Waals surface area contributed by atoms with E-state index in [4.69, 9.17) is 18.9 Å². The zero-order valence-electron chi connectivity index (χ0n) is 26.3. The number of hydrogen-bond donors (Lipinski definition) is 1. The van der Waals surface area contributed by atoms with Crippen LogP contribution in [0.3, 0.4) is 0 Å². The number of thiophene rings is 1. The summed E-state index contributed by atoms with van der Waals surface area (Å²) in [5.74, 6) is -1.59. The molecule has 2 fully saturated rings. The minimum atomic E-state index is -0.957. The number of nitrogens with one attached hydrogen (secondary N) is 1. The van der Waals surface area contributed by atoms with E-state index in [1.54, 1.807) is 20.8 Å². The second kappa shape index (κ2) is 11.5. The zero-order chi connectivity index (χ0) is 33.2. The largest absolute Gasteiger partial charge is 0.480 e. The van der Waals surface area contributed by atoms with Crippen molar-refractivity contribution in [3.8, 4) is 29.1 Å². The highest BCUT2D eigenvalue weighted by atomic mass is 32.1. The molecule has 14 heteroatoms. The van der Waals surface area contributed by atoms with Crippen molar-refractivity contribution in [3.63, 3.8) is 0 Å². The van der Waals surface area contributed by atoms with Gasteiger partial charge in [0, 0.05) is 34.2 Å². The second-order valence-corrected chi connectivity index (χ2v) is 14.1. The summed E-state index contributed by atoms with van der Waals surface area (Å²) in [6.45, 7) is 6.37. The Bertz CT molecular complexity index is 1990. The van der Waals surface area contributed by atoms with Crippen LogP contribution in [-0.4, -0.2) is 65.1 Å². The molecule has 2 atom stereocenters. The lowest BCUT2D eigenvalue weighted by Crippen LogP contribution is -2.43. The monoisotopic (exact) mass is 667 g/mol. The van der Waals surface area contributed by atoms with Gasteiger partial charge in [-0.2, -0.15) is 15.2 Å². The molecule has 0 unspecified atom stereocenters. The van der Waals surface area contributed by atoms with Crippen LogP contribution in [0.25, 0.3) is 32.1 Å². The summed E-state index contributed by atoms with van der Waals surface area (Å²) in [5.41, 5.74) is -0.874. The number of rotatable bonds is 6. The van der Waals surface area contributed by atoms with Crippen LogP contribution in [0.4, 0.5) is 23.0 Å². The van der Waals surface area contributed by atoms with Crippen LogP contribution in [0.5, 0.6) is 11.9 Å². The Kier molecular flexibility index (Phi) is 7.69. The van der Waals surface area contributed by atoms with Gasteiger partial charge < -0.3 is 18.9 Å².